The molecule has 0 bridgehead atoms. The summed E-state index contributed by atoms with van der Waals surface area (Å²) >= 11 is 1.44. The maximum atomic E-state index is 13.7. The predicted octanol–water partition coefficient (Wildman–Crippen LogP) is 5.27. The van der Waals surface area contributed by atoms with Gasteiger partial charge in [-0.2, -0.15) is 10.4 Å². The number of nitrogens with zero attached hydrogens (tertiary/aromatic N) is 3. The molecule has 0 spiro atoms. The number of benzene rings is 2. The van der Waals surface area contributed by atoms with Crippen molar-refractivity contribution in [1.82, 2.24) is 9.78 Å². The Labute approximate surface area is 201 Å². The van der Waals surface area contributed by atoms with E-state index in [9.17, 15) is 14.9 Å². The lowest BCUT2D eigenvalue weighted by Crippen LogP contribution is -2.32. The van der Waals surface area contributed by atoms with Gasteiger partial charge in [0.15, 0.2) is 0 Å². The molecule has 168 valence electrons. The molecule has 0 unspecified atom stereocenters. The van der Waals surface area contributed by atoms with E-state index < -0.39 is 11.5 Å². The van der Waals surface area contributed by atoms with Crippen molar-refractivity contribution in [2.24, 2.45) is 0 Å². The van der Waals surface area contributed by atoms with Crippen molar-refractivity contribution < 1.29 is 4.79 Å². The minimum atomic E-state index is -0.526. The number of hydrogen-bond acceptors (Lipinski definition) is 5. The Kier molecular flexibility index (Phi) is 5.83. The fourth-order valence-electron chi connectivity index (χ4n) is 4.46. The molecule has 1 amide bonds. The van der Waals surface area contributed by atoms with Gasteiger partial charge in [0.05, 0.1) is 11.3 Å². The Morgan fingerprint density at radius 3 is 2.41 bits per heavy atom. The van der Waals surface area contributed by atoms with Gasteiger partial charge in [-0.1, -0.05) is 60.7 Å². The van der Waals surface area contributed by atoms with Crippen LogP contribution in [0.3, 0.4) is 0 Å². The highest BCUT2D eigenvalue weighted by atomic mass is 32.1. The van der Waals surface area contributed by atoms with Crippen LogP contribution in [0.5, 0.6) is 0 Å². The predicted molar refractivity (Wildman–Crippen MR) is 134 cm³/mol. The van der Waals surface area contributed by atoms with Crippen LogP contribution in [0.1, 0.15) is 39.7 Å². The zero-order valence-electron chi connectivity index (χ0n) is 18.7. The Morgan fingerprint density at radius 2 is 1.76 bits per heavy atom. The van der Waals surface area contributed by atoms with E-state index in [0.29, 0.717) is 28.4 Å². The number of anilines is 1. The largest absolute Gasteiger partial charge is 0.312 e. The standard InChI is InChI=1S/C27H22N4O2S/c1-2-31-27(33)23(25(32)29-26-20(16-28)19-14-9-15-21(19)34-26)22(17-10-5-3-6-11-17)24(30-31)18-12-7-4-8-13-18/h3-8,10-13H,2,9,14-15H2,1H3,(H,29,32). The molecule has 0 radical (unpaired) electrons. The molecule has 2 heterocycles. The highest BCUT2D eigenvalue weighted by Crippen LogP contribution is 2.39. The summed E-state index contributed by atoms with van der Waals surface area (Å²) < 4.78 is 1.32. The number of carbonyl (C=O) groups is 1. The number of fused-ring (bicyclic) bond motifs is 1. The lowest BCUT2D eigenvalue weighted by Gasteiger charge is -2.16. The number of nitrogens with one attached hydrogen (secondary N) is 1. The summed E-state index contributed by atoms with van der Waals surface area (Å²) in [5.74, 6) is -0.526. The van der Waals surface area contributed by atoms with Crippen LogP contribution in [0.15, 0.2) is 65.5 Å². The van der Waals surface area contributed by atoms with Crippen molar-refractivity contribution in [3.05, 3.63) is 92.6 Å². The lowest BCUT2D eigenvalue weighted by molar-refractivity contribution is 0.102. The third-order valence-electron chi connectivity index (χ3n) is 6.05. The van der Waals surface area contributed by atoms with E-state index in [0.717, 1.165) is 40.8 Å². The van der Waals surface area contributed by atoms with Crippen molar-refractivity contribution in [3.63, 3.8) is 0 Å². The number of aryl methyl sites for hydroxylation is 2. The van der Waals surface area contributed by atoms with Crippen LogP contribution in [0.2, 0.25) is 0 Å². The quantitative estimate of drug-likeness (QED) is 0.434. The molecule has 7 heteroatoms. The summed E-state index contributed by atoms with van der Waals surface area (Å²) in [6.07, 6.45) is 2.78. The maximum Gasteiger partial charge on any atom is 0.280 e. The van der Waals surface area contributed by atoms with E-state index in [2.05, 4.69) is 16.5 Å². The number of carbonyl (C=O) groups excluding carboxylic acids is 1. The summed E-state index contributed by atoms with van der Waals surface area (Å²) in [4.78, 5) is 28.3. The minimum Gasteiger partial charge on any atom is -0.312 e. The second-order valence-electron chi connectivity index (χ2n) is 8.08. The second kappa shape index (κ2) is 9.08. The average molecular weight is 467 g/mol. The number of nitriles is 1. The molecule has 1 aliphatic carbocycles. The van der Waals surface area contributed by atoms with Gasteiger partial charge in [-0.05, 0) is 37.3 Å². The molecule has 1 N–H and O–H groups in total. The molecule has 1 aliphatic rings. The third kappa shape index (κ3) is 3.72. The summed E-state index contributed by atoms with van der Waals surface area (Å²) in [7, 11) is 0. The van der Waals surface area contributed by atoms with Crippen LogP contribution < -0.4 is 10.9 Å². The minimum absolute atomic E-state index is 0.0272. The summed E-state index contributed by atoms with van der Waals surface area (Å²) in [6, 6.07) is 21.2. The molecule has 0 saturated heterocycles. The first-order valence-electron chi connectivity index (χ1n) is 11.2. The van der Waals surface area contributed by atoms with Crippen LogP contribution in [0.4, 0.5) is 5.00 Å². The molecule has 2 aromatic heterocycles. The van der Waals surface area contributed by atoms with Gasteiger partial charge in [-0.15, -0.1) is 11.3 Å². The van der Waals surface area contributed by atoms with Gasteiger partial charge >= 0.3 is 0 Å². The van der Waals surface area contributed by atoms with Crippen molar-refractivity contribution >= 4 is 22.2 Å². The first kappa shape index (κ1) is 21.8. The fourth-order valence-corrected chi connectivity index (χ4v) is 5.69. The van der Waals surface area contributed by atoms with Gasteiger partial charge < -0.3 is 5.32 Å². The van der Waals surface area contributed by atoms with Crippen LogP contribution >= 0.6 is 11.3 Å². The van der Waals surface area contributed by atoms with Gasteiger partial charge in [0.1, 0.15) is 16.6 Å². The Morgan fingerprint density at radius 1 is 1.09 bits per heavy atom. The molecule has 0 aliphatic heterocycles. The molecule has 0 atom stereocenters. The Balaban J connectivity index is 1.72. The number of aromatic nitrogens is 2. The molecule has 0 saturated carbocycles. The van der Waals surface area contributed by atoms with E-state index >= 15 is 0 Å². The van der Waals surface area contributed by atoms with E-state index in [-0.39, 0.29) is 5.56 Å². The van der Waals surface area contributed by atoms with Crippen LogP contribution in [-0.2, 0) is 19.4 Å². The third-order valence-corrected chi connectivity index (χ3v) is 7.26. The normalized spacial score (nSPS) is 12.2. The lowest BCUT2D eigenvalue weighted by atomic mass is 9.95. The van der Waals surface area contributed by atoms with Crippen LogP contribution in [0, 0.1) is 11.3 Å². The second-order valence-corrected chi connectivity index (χ2v) is 9.18. The van der Waals surface area contributed by atoms with Gasteiger partial charge in [-0.25, -0.2) is 4.68 Å². The van der Waals surface area contributed by atoms with Crippen LogP contribution in [-0.4, -0.2) is 15.7 Å². The number of amides is 1. The monoisotopic (exact) mass is 466 g/mol. The molecule has 6 nitrogen and oxygen atoms in total. The molecule has 0 fully saturated rings. The van der Waals surface area contributed by atoms with Crippen molar-refractivity contribution in [2.75, 3.05) is 5.32 Å². The Bertz CT molecular complexity index is 1480. The van der Waals surface area contributed by atoms with Gasteiger partial charge in [-0.3, -0.25) is 9.59 Å². The molecular weight excluding hydrogens is 444 g/mol. The first-order valence-corrected chi connectivity index (χ1v) is 12.1. The number of rotatable bonds is 5. The van der Waals surface area contributed by atoms with E-state index in [1.165, 1.54) is 16.0 Å². The Hall–Kier alpha value is -4.02. The van der Waals surface area contributed by atoms with Crippen molar-refractivity contribution in [1.29, 1.82) is 5.26 Å². The van der Waals surface area contributed by atoms with E-state index in [4.69, 9.17) is 0 Å². The van der Waals surface area contributed by atoms with E-state index in [1.807, 2.05) is 67.6 Å². The number of hydrogen-bond donors (Lipinski definition) is 1. The highest BCUT2D eigenvalue weighted by molar-refractivity contribution is 7.16. The van der Waals surface area contributed by atoms with Crippen molar-refractivity contribution in [3.8, 4) is 28.5 Å². The van der Waals surface area contributed by atoms with Gasteiger partial charge in [0.25, 0.3) is 11.5 Å². The van der Waals surface area contributed by atoms with Gasteiger partial charge in [0.2, 0.25) is 0 Å². The summed E-state index contributed by atoms with van der Waals surface area (Å²) in [5, 5.41) is 17.8. The molecular formula is C27H22N4O2S. The summed E-state index contributed by atoms with van der Waals surface area (Å²) in [5.41, 5.74) is 3.70. The molecule has 4 aromatic rings. The number of thiophene rings is 1. The van der Waals surface area contributed by atoms with E-state index in [1.54, 1.807) is 0 Å². The smallest absolute Gasteiger partial charge is 0.280 e. The van der Waals surface area contributed by atoms with Gasteiger partial charge in [0, 0.05) is 22.5 Å². The highest BCUT2D eigenvalue weighted by Gasteiger charge is 2.28. The average Bonchev–Trinajstić information content (AvgIpc) is 3.45. The molecule has 5 rings (SSSR count). The van der Waals surface area contributed by atoms with Crippen molar-refractivity contribution in [2.45, 2.75) is 32.7 Å². The zero-order valence-corrected chi connectivity index (χ0v) is 19.5. The first-order chi connectivity index (χ1) is 16.6. The van der Waals surface area contributed by atoms with Crippen LogP contribution in [0.25, 0.3) is 22.4 Å². The molecule has 34 heavy (non-hydrogen) atoms. The maximum absolute atomic E-state index is 13.7. The molecule has 2 aromatic carbocycles. The SMILES string of the molecule is CCn1nc(-c2ccccc2)c(-c2ccccc2)c(C(=O)Nc2sc3c(c2C#N)CCC3)c1=O. The fraction of sp³-hybridized carbons (Fsp3) is 0.185. The summed E-state index contributed by atoms with van der Waals surface area (Å²) in [6.45, 7) is 2.15. The zero-order chi connectivity index (χ0) is 23.7. The topological polar surface area (TPSA) is 87.8 Å².